The number of hydrogen-bond donors (Lipinski definition) is 1. The number of nitro benzene ring substituents is 1. The normalized spacial score (nSPS) is 10.3. The van der Waals surface area contributed by atoms with Gasteiger partial charge in [-0.2, -0.15) is 0 Å². The first-order valence-corrected chi connectivity index (χ1v) is 6.24. The second kappa shape index (κ2) is 5.29. The van der Waals surface area contributed by atoms with Crippen LogP contribution < -0.4 is 5.73 Å². The van der Waals surface area contributed by atoms with Crippen molar-refractivity contribution in [3.05, 3.63) is 57.6 Å². The van der Waals surface area contributed by atoms with E-state index in [1.54, 1.807) is 30.3 Å². The molecule has 0 amide bonds. The Morgan fingerprint density at radius 3 is 2.44 bits per heavy atom. The van der Waals surface area contributed by atoms with Gasteiger partial charge in [-0.3, -0.25) is 10.1 Å². The van der Waals surface area contributed by atoms with E-state index in [2.05, 4.69) is 0 Å². The van der Waals surface area contributed by atoms with E-state index in [4.69, 9.17) is 17.3 Å². The van der Waals surface area contributed by atoms with Crippen molar-refractivity contribution in [1.82, 2.24) is 0 Å². The van der Waals surface area contributed by atoms with Crippen LogP contribution in [0.15, 0.2) is 52.3 Å². The fraction of sp³-hybridized carbons (Fsp3) is 0. The summed E-state index contributed by atoms with van der Waals surface area (Å²) in [5.74, 6) is 0. The van der Waals surface area contributed by atoms with Gasteiger partial charge in [0.05, 0.1) is 14.8 Å². The Kier molecular flexibility index (Phi) is 3.74. The highest BCUT2D eigenvalue weighted by Crippen LogP contribution is 2.40. The zero-order valence-electron chi connectivity index (χ0n) is 9.17. The van der Waals surface area contributed by atoms with Crippen LogP contribution in [0.2, 0.25) is 5.02 Å². The summed E-state index contributed by atoms with van der Waals surface area (Å²) < 4.78 is 0. The quantitative estimate of drug-likeness (QED) is 0.524. The smallest absolute Gasteiger partial charge is 0.305 e. The highest BCUT2D eigenvalue weighted by atomic mass is 35.5. The molecular weight excluding hydrogens is 272 g/mol. The van der Waals surface area contributed by atoms with Gasteiger partial charge < -0.3 is 5.73 Å². The lowest BCUT2D eigenvalue weighted by Gasteiger charge is -2.06. The van der Waals surface area contributed by atoms with Crippen molar-refractivity contribution in [3.63, 3.8) is 0 Å². The van der Waals surface area contributed by atoms with E-state index in [0.717, 1.165) is 4.90 Å². The number of nitro groups is 1. The molecule has 18 heavy (non-hydrogen) atoms. The van der Waals surface area contributed by atoms with Crippen LogP contribution in [-0.4, -0.2) is 4.92 Å². The first kappa shape index (κ1) is 12.7. The fourth-order valence-corrected chi connectivity index (χ4v) is 2.70. The van der Waals surface area contributed by atoms with Crippen molar-refractivity contribution >= 4 is 34.7 Å². The number of benzene rings is 2. The average molecular weight is 281 g/mol. The van der Waals surface area contributed by atoms with Crippen LogP contribution in [0.5, 0.6) is 0 Å². The van der Waals surface area contributed by atoms with Crippen molar-refractivity contribution < 1.29 is 4.92 Å². The SMILES string of the molecule is Nc1cccc(Sc2ccccc2Cl)c1[N+](=O)[O-]. The van der Waals surface area contributed by atoms with Gasteiger partial charge in [0.25, 0.3) is 0 Å². The van der Waals surface area contributed by atoms with E-state index >= 15 is 0 Å². The Hall–Kier alpha value is -1.72. The second-order valence-electron chi connectivity index (χ2n) is 3.48. The number of nitrogens with two attached hydrogens (primary N) is 1. The van der Waals surface area contributed by atoms with Crippen molar-refractivity contribution in [2.75, 3.05) is 5.73 Å². The van der Waals surface area contributed by atoms with Crippen LogP contribution in [0.4, 0.5) is 11.4 Å². The van der Waals surface area contributed by atoms with Crippen LogP contribution in [0.25, 0.3) is 0 Å². The van der Waals surface area contributed by atoms with E-state index < -0.39 is 4.92 Å². The molecule has 0 aliphatic heterocycles. The lowest BCUT2D eigenvalue weighted by atomic mass is 10.3. The Morgan fingerprint density at radius 1 is 1.11 bits per heavy atom. The molecule has 2 aromatic carbocycles. The molecule has 0 saturated heterocycles. The molecule has 6 heteroatoms. The largest absolute Gasteiger partial charge is 0.393 e. The van der Waals surface area contributed by atoms with Gasteiger partial charge in [-0.1, -0.05) is 41.6 Å². The molecule has 0 unspecified atom stereocenters. The third kappa shape index (κ3) is 2.57. The third-order valence-corrected chi connectivity index (χ3v) is 3.84. The number of halogens is 1. The zero-order valence-corrected chi connectivity index (χ0v) is 10.7. The van der Waals surface area contributed by atoms with E-state index in [9.17, 15) is 10.1 Å². The lowest BCUT2D eigenvalue weighted by Crippen LogP contribution is -1.97. The minimum absolute atomic E-state index is 0.0811. The van der Waals surface area contributed by atoms with Crippen LogP contribution in [0.1, 0.15) is 0 Å². The van der Waals surface area contributed by atoms with Gasteiger partial charge in [-0.15, -0.1) is 0 Å². The highest BCUT2D eigenvalue weighted by molar-refractivity contribution is 7.99. The molecule has 2 N–H and O–H groups in total. The number of nitrogens with zero attached hydrogens (tertiary/aromatic N) is 1. The Bertz CT molecular complexity index is 604. The molecule has 4 nitrogen and oxygen atoms in total. The number of nitrogen functional groups attached to an aromatic ring is 1. The number of rotatable bonds is 3. The maximum atomic E-state index is 11.0. The predicted molar refractivity (Wildman–Crippen MR) is 73.1 cm³/mol. The average Bonchev–Trinajstić information content (AvgIpc) is 2.31. The Morgan fingerprint density at radius 2 is 1.78 bits per heavy atom. The van der Waals surface area contributed by atoms with Crippen molar-refractivity contribution in [2.45, 2.75) is 9.79 Å². The fourth-order valence-electron chi connectivity index (χ4n) is 1.46. The molecule has 0 aliphatic rings. The van der Waals surface area contributed by atoms with Crippen molar-refractivity contribution in [2.24, 2.45) is 0 Å². The third-order valence-electron chi connectivity index (χ3n) is 2.27. The molecule has 0 aromatic heterocycles. The molecule has 0 radical (unpaired) electrons. The molecule has 0 spiro atoms. The summed E-state index contributed by atoms with van der Waals surface area (Å²) in [4.78, 5) is 11.8. The summed E-state index contributed by atoms with van der Waals surface area (Å²) in [6.07, 6.45) is 0. The summed E-state index contributed by atoms with van der Waals surface area (Å²) in [5.41, 5.74) is 5.69. The summed E-state index contributed by atoms with van der Waals surface area (Å²) in [6, 6.07) is 12.0. The first-order chi connectivity index (χ1) is 8.59. The van der Waals surface area contributed by atoms with Crippen LogP contribution in [-0.2, 0) is 0 Å². The zero-order chi connectivity index (χ0) is 13.1. The van der Waals surface area contributed by atoms with Crippen molar-refractivity contribution in [1.29, 1.82) is 0 Å². The van der Waals surface area contributed by atoms with E-state index in [1.165, 1.54) is 17.8 Å². The van der Waals surface area contributed by atoms with E-state index in [0.29, 0.717) is 9.92 Å². The predicted octanol–water partition coefficient (Wildman–Crippen LogP) is 3.98. The topological polar surface area (TPSA) is 69.2 Å². The van der Waals surface area contributed by atoms with E-state index in [1.807, 2.05) is 6.07 Å². The standard InChI is InChI=1S/C12H9ClN2O2S/c13-8-4-1-2-6-10(8)18-11-7-3-5-9(14)12(11)15(16)17/h1-7H,14H2. The molecule has 2 rings (SSSR count). The van der Waals surface area contributed by atoms with Gasteiger partial charge in [0.1, 0.15) is 5.69 Å². The number of hydrogen-bond acceptors (Lipinski definition) is 4. The molecule has 2 aromatic rings. The van der Waals surface area contributed by atoms with Crippen LogP contribution in [0, 0.1) is 10.1 Å². The maximum Gasteiger partial charge on any atom is 0.305 e. The minimum Gasteiger partial charge on any atom is -0.393 e. The van der Waals surface area contributed by atoms with Gasteiger partial charge in [0.2, 0.25) is 0 Å². The molecule has 0 atom stereocenters. The van der Waals surface area contributed by atoms with Gasteiger partial charge in [0.15, 0.2) is 0 Å². The molecule has 92 valence electrons. The minimum atomic E-state index is -0.478. The van der Waals surface area contributed by atoms with Crippen LogP contribution in [0.3, 0.4) is 0 Å². The van der Waals surface area contributed by atoms with Crippen LogP contribution >= 0.6 is 23.4 Å². The van der Waals surface area contributed by atoms with Gasteiger partial charge in [-0.25, -0.2) is 0 Å². The molecule has 0 saturated carbocycles. The molecule has 0 aliphatic carbocycles. The summed E-state index contributed by atoms with van der Waals surface area (Å²) >= 11 is 7.25. The first-order valence-electron chi connectivity index (χ1n) is 5.05. The molecule has 0 heterocycles. The summed E-state index contributed by atoms with van der Waals surface area (Å²) in [7, 11) is 0. The highest BCUT2D eigenvalue weighted by Gasteiger charge is 2.19. The molecule has 0 bridgehead atoms. The van der Waals surface area contributed by atoms with Gasteiger partial charge in [-0.05, 0) is 24.3 Å². The maximum absolute atomic E-state index is 11.0. The second-order valence-corrected chi connectivity index (χ2v) is 4.97. The Balaban J connectivity index is 2.44. The summed E-state index contributed by atoms with van der Waals surface area (Å²) in [5, 5.41) is 11.6. The number of anilines is 1. The number of para-hydroxylation sites is 1. The molecule has 0 fully saturated rings. The van der Waals surface area contributed by atoms with Gasteiger partial charge in [0, 0.05) is 4.90 Å². The Labute approximate surface area is 113 Å². The monoisotopic (exact) mass is 280 g/mol. The van der Waals surface area contributed by atoms with E-state index in [-0.39, 0.29) is 11.4 Å². The van der Waals surface area contributed by atoms with Gasteiger partial charge >= 0.3 is 5.69 Å². The lowest BCUT2D eigenvalue weighted by molar-refractivity contribution is -0.386. The summed E-state index contributed by atoms with van der Waals surface area (Å²) in [6.45, 7) is 0. The van der Waals surface area contributed by atoms with Crippen molar-refractivity contribution in [3.8, 4) is 0 Å². The molecular formula is C12H9ClN2O2S.